The molecule has 0 unspecified atom stereocenters. The van der Waals surface area contributed by atoms with Gasteiger partial charge in [0.2, 0.25) is 0 Å². The lowest BCUT2D eigenvalue weighted by molar-refractivity contribution is -0.137. The standard InChI is InChI=1S/C12H15ClF3NO/c1-11(2,6-18)10(17)8-5-7(12(14,15)16)3-4-9(8)13/h3-5,10,18H,6,17H2,1-2H3/t10-/m0/s1. The van der Waals surface area contributed by atoms with Crippen LogP contribution in [0.25, 0.3) is 0 Å². The Kier molecular flexibility index (Phi) is 4.30. The monoisotopic (exact) mass is 281 g/mol. The van der Waals surface area contributed by atoms with Crippen molar-refractivity contribution >= 4 is 11.6 Å². The summed E-state index contributed by atoms with van der Waals surface area (Å²) in [5.74, 6) is 0. The number of halogens is 4. The highest BCUT2D eigenvalue weighted by molar-refractivity contribution is 6.31. The van der Waals surface area contributed by atoms with Crippen molar-refractivity contribution in [3.63, 3.8) is 0 Å². The van der Waals surface area contributed by atoms with E-state index in [1.165, 1.54) is 6.07 Å². The molecule has 0 amide bonds. The number of hydrogen-bond donors (Lipinski definition) is 2. The molecule has 0 fully saturated rings. The topological polar surface area (TPSA) is 46.2 Å². The van der Waals surface area contributed by atoms with Crippen LogP contribution in [0.4, 0.5) is 13.2 Å². The smallest absolute Gasteiger partial charge is 0.396 e. The predicted octanol–water partition coefficient (Wildman–Crippen LogP) is 3.38. The summed E-state index contributed by atoms with van der Waals surface area (Å²) >= 11 is 5.88. The van der Waals surface area contributed by atoms with E-state index in [4.69, 9.17) is 17.3 Å². The van der Waals surface area contributed by atoms with Crippen LogP contribution in [-0.4, -0.2) is 11.7 Å². The van der Waals surface area contributed by atoms with E-state index >= 15 is 0 Å². The first-order valence-corrected chi connectivity index (χ1v) is 5.70. The van der Waals surface area contributed by atoms with Gasteiger partial charge >= 0.3 is 6.18 Å². The zero-order chi connectivity index (χ0) is 14.1. The summed E-state index contributed by atoms with van der Waals surface area (Å²) in [5.41, 5.74) is 4.51. The van der Waals surface area contributed by atoms with Crippen LogP contribution in [0.3, 0.4) is 0 Å². The molecule has 6 heteroatoms. The van der Waals surface area contributed by atoms with Gasteiger partial charge in [-0.25, -0.2) is 0 Å². The van der Waals surface area contributed by atoms with Crippen LogP contribution in [-0.2, 0) is 6.18 Å². The van der Waals surface area contributed by atoms with Gasteiger partial charge in [-0.1, -0.05) is 25.4 Å². The summed E-state index contributed by atoms with van der Waals surface area (Å²) in [4.78, 5) is 0. The summed E-state index contributed by atoms with van der Waals surface area (Å²) < 4.78 is 37.8. The molecule has 0 spiro atoms. The second-order valence-electron chi connectivity index (χ2n) is 4.86. The van der Waals surface area contributed by atoms with Crippen LogP contribution in [0.2, 0.25) is 5.02 Å². The molecule has 1 atom stereocenters. The molecular formula is C12H15ClF3NO. The van der Waals surface area contributed by atoms with Crippen molar-refractivity contribution in [1.29, 1.82) is 0 Å². The highest BCUT2D eigenvalue weighted by Gasteiger charge is 2.34. The van der Waals surface area contributed by atoms with Crippen LogP contribution < -0.4 is 5.73 Å². The van der Waals surface area contributed by atoms with Crippen LogP contribution in [0.15, 0.2) is 18.2 Å². The van der Waals surface area contributed by atoms with Gasteiger partial charge in [-0.3, -0.25) is 0 Å². The van der Waals surface area contributed by atoms with Gasteiger partial charge in [0, 0.05) is 23.1 Å². The summed E-state index contributed by atoms with van der Waals surface area (Å²) in [7, 11) is 0. The van der Waals surface area contributed by atoms with Gasteiger partial charge in [0.1, 0.15) is 0 Å². The fourth-order valence-electron chi connectivity index (χ4n) is 1.48. The van der Waals surface area contributed by atoms with Crippen LogP contribution in [0.5, 0.6) is 0 Å². The third-order valence-corrected chi connectivity index (χ3v) is 3.25. The number of nitrogens with two attached hydrogens (primary N) is 1. The molecule has 1 aromatic carbocycles. The predicted molar refractivity (Wildman–Crippen MR) is 64.2 cm³/mol. The highest BCUT2D eigenvalue weighted by atomic mass is 35.5. The van der Waals surface area contributed by atoms with Crippen molar-refractivity contribution in [3.8, 4) is 0 Å². The molecule has 102 valence electrons. The van der Waals surface area contributed by atoms with Crippen molar-refractivity contribution < 1.29 is 18.3 Å². The number of hydrogen-bond acceptors (Lipinski definition) is 2. The minimum Gasteiger partial charge on any atom is -0.396 e. The SMILES string of the molecule is CC(C)(CO)[C@@H](N)c1cc(C(F)(F)F)ccc1Cl. The van der Waals surface area contributed by atoms with Gasteiger partial charge in [-0.2, -0.15) is 13.2 Å². The molecule has 0 aliphatic heterocycles. The molecule has 0 bridgehead atoms. The number of aliphatic hydroxyl groups is 1. The Bertz CT molecular complexity index is 432. The van der Waals surface area contributed by atoms with Gasteiger partial charge in [0.15, 0.2) is 0 Å². The second kappa shape index (κ2) is 5.07. The quantitative estimate of drug-likeness (QED) is 0.892. The lowest BCUT2D eigenvalue weighted by Crippen LogP contribution is -2.32. The molecule has 1 aromatic rings. The van der Waals surface area contributed by atoms with Crippen molar-refractivity contribution in [3.05, 3.63) is 34.3 Å². The molecule has 0 saturated carbocycles. The molecular weight excluding hydrogens is 267 g/mol. The van der Waals surface area contributed by atoms with Gasteiger partial charge < -0.3 is 10.8 Å². The molecule has 18 heavy (non-hydrogen) atoms. The van der Waals surface area contributed by atoms with E-state index in [9.17, 15) is 18.3 Å². The molecule has 3 N–H and O–H groups in total. The summed E-state index contributed by atoms with van der Waals surface area (Å²) in [5, 5.41) is 9.36. The van der Waals surface area contributed by atoms with Crippen molar-refractivity contribution in [2.24, 2.45) is 11.1 Å². The lowest BCUT2D eigenvalue weighted by atomic mass is 9.81. The van der Waals surface area contributed by atoms with E-state index in [1.54, 1.807) is 13.8 Å². The van der Waals surface area contributed by atoms with E-state index in [-0.39, 0.29) is 17.2 Å². The normalized spacial score (nSPS) is 14.7. The van der Waals surface area contributed by atoms with Crippen molar-refractivity contribution in [1.82, 2.24) is 0 Å². The average molecular weight is 282 g/mol. The Morgan fingerprint density at radius 2 is 1.89 bits per heavy atom. The van der Waals surface area contributed by atoms with Crippen LogP contribution in [0, 0.1) is 5.41 Å². The van der Waals surface area contributed by atoms with E-state index in [2.05, 4.69) is 0 Å². The Morgan fingerprint density at radius 3 is 2.33 bits per heavy atom. The Labute approximate surface area is 109 Å². The third-order valence-electron chi connectivity index (χ3n) is 2.91. The molecule has 0 radical (unpaired) electrons. The second-order valence-corrected chi connectivity index (χ2v) is 5.27. The zero-order valence-electron chi connectivity index (χ0n) is 10.1. The first-order chi connectivity index (χ1) is 8.09. The Morgan fingerprint density at radius 1 is 1.33 bits per heavy atom. The molecule has 1 rings (SSSR count). The number of alkyl halides is 3. The van der Waals surface area contributed by atoms with E-state index in [0.29, 0.717) is 0 Å². The van der Waals surface area contributed by atoms with Gasteiger partial charge in [-0.15, -0.1) is 0 Å². The summed E-state index contributed by atoms with van der Waals surface area (Å²) in [6, 6.07) is 2.24. The molecule has 2 nitrogen and oxygen atoms in total. The minimum absolute atomic E-state index is 0.164. The van der Waals surface area contributed by atoms with Crippen LogP contribution >= 0.6 is 11.6 Å². The Hall–Kier alpha value is -0.780. The maximum atomic E-state index is 12.6. The first kappa shape index (κ1) is 15.3. The number of aliphatic hydroxyl groups excluding tert-OH is 1. The van der Waals surface area contributed by atoms with Gasteiger partial charge in [0.05, 0.1) is 5.56 Å². The zero-order valence-corrected chi connectivity index (χ0v) is 10.8. The largest absolute Gasteiger partial charge is 0.416 e. The maximum absolute atomic E-state index is 12.6. The van der Waals surface area contributed by atoms with Gasteiger partial charge in [-0.05, 0) is 23.8 Å². The van der Waals surface area contributed by atoms with Gasteiger partial charge in [0.25, 0.3) is 0 Å². The van der Waals surface area contributed by atoms with Crippen molar-refractivity contribution in [2.45, 2.75) is 26.1 Å². The summed E-state index contributed by atoms with van der Waals surface area (Å²) in [6.07, 6.45) is -4.44. The number of benzene rings is 1. The fraction of sp³-hybridized carbons (Fsp3) is 0.500. The Balaban J connectivity index is 3.24. The first-order valence-electron chi connectivity index (χ1n) is 5.32. The highest BCUT2D eigenvalue weighted by Crippen LogP contribution is 2.38. The average Bonchev–Trinajstić information content (AvgIpc) is 2.27. The number of rotatable bonds is 3. The van der Waals surface area contributed by atoms with E-state index in [0.717, 1.165) is 12.1 Å². The van der Waals surface area contributed by atoms with E-state index in [1.807, 2.05) is 0 Å². The lowest BCUT2D eigenvalue weighted by Gasteiger charge is -2.30. The minimum atomic E-state index is -4.44. The van der Waals surface area contributed by atoms with Crippen LogP contribution in [0.1, 0.15) is 31.0 Å². The molecule has 0 aromatic heterocycles. The molecule has 0 saturated heterocycles. The molecule has 0 heterocycles. The van der Waals surface area contributed by atoms with Crippen molar-refractivity contribution in [2.75, 3.05) is 6.61 Å². The fourth-order valence-corrected chi connectivity index (χ4v) is 1.71. The third kappa shape index (κ3) is 3.16. The van der Waals surface area contributed by atoms with E-state index < -0.39 is 23.2 Å². The maximum Gasteiger partial charge on any atom is 0.416 e. The summed E-state index contributed by atoms with van der Waals surface area (Å²) in [6.45, 7) is 3.07. The molecule has 0 aliphatic carbocycles. The molecule has 0 aliphatic rings.